The van der Waals surface area contributed by atoms with Crippen LogP contribution in [0.15, 0.2) is 127 Å². The Morgan fingerprint density at radius 3 is 1.85 bits per heavy atom. The maximum Gasteiger partial charge on any atom is 0.283 e. The van der Waals surface area contributed by atoms with Crippen molar-refractivity contribution in [1.82, 2.24) is 21.3 Å². The Kier molecular flexibility index (Phi) is 16.5. The lowest BCUT2D eigenvalue weighted by Crippen LogP contribution is -2.58. The van der Waals surface area contributed by atoms with E-state index in [9.17, 15) is 52.0 Å². The van der Waals surface area contributed by atoms with Crippen LogP contribution in [0.25, 0.3) is 11.1 Å². The second kappa shape index (κ2) is 22.4. The molecule has 18 heteroatoms. The van der Waals surface area contributed by atoms with Crippen molar-refractivity contribution in [3.63, 3.8) is 0 Å². The molecular weight excluding hydrogens is 875 g/mol. The average Bonchev–Trinajstić information content (AvgIpc) is 3.82. The first kappa shape index (κ1) is 47.9. The topological polar surface area (TPSA) is 257 Å². The second-order valence-electron chi connectivity index (χ2n) is 15.7. The number of Topliss-reactive ketones (excluding diaryl/α,β-unsaturated/α-hetero) is 1. The van der Waals surface area contributed by atoms with Crippen LogP contribution >= 0.6 is 11.3 Å². The fourth-order valence-electron chi connectivity index (χ4n) is 7.28. The van der Waals surface area contributed by atoms with E-state index in [1.807, 2.05) is 72.8 Å². The van der Waals surface area contributed by atoms with Gasteiger partial charge in [-0.1, -0.05) is 103 Å². The number of nitrogens with one attached hydrogen (secondary N) is 5. The van der Waals surface area contributed by atoms with Gasteiger partial charge in [0.1, 0.15) is 18.0 Å². The van der Waals surface area contributed by atoms with Crippen LogP contribution in [0.1, 0.15) is 34.4 Å². The molecule has 4 aromatic carbocycles. The fraction of sp³-hybridized carbons (Fsp3) is 0.277. The average molecular weight is 924 g/mol. The van der Waals surface area contributed by atoms with Gasteiger partial charge in [0.2, 0.25) is 17.7 Å². The molecule has 5 aromatic rings. The molecule has 0 saturated carbocycles. The molecule has 2 bridgehead atoms. The molecule has 0 fully saturated rings. The van der Waals surface area contributed by atoms with Crippen LogP contribution in [0.2, 0.25) is 0 Å². The molecule has 6 atom stereocenters. The molecule has 65 heavy (non-hydrogen) atoms. The Morgan fingerprint density at radius 2 is 1.22 bits per heavy atom. The number of aliphatic hydroxyl groups is 2. The molecule has 3 heterocycles. The van der Waals surface area contributed by atoms with Crippen LogP contribution < -0.4 is 26.6 Å². The molecule has 340 valence electrons. The van der Waals surface area contributed by atoms with Gasteiger partial charge in [0.05, 0.1) is 6.04 Å². The Bertz CT molecular complexity index is 2540. The van der Waals surface area contributed by atoms with Gasteiger partial charge in [0, 0.05) is 35.7 Å². The van der Waals surface area contributed by atoms with E-state index in [-0.39, 0.29) is 31.4 Å². The molecule has 8 N–H and O–H groups in total. The van der Waals surface area contributed by atoms with Gasteiger partial charge in [-0.3, -0.25) is 33.3 Å². The van der Waals surface area contributed by atoms with Gasteiger partial charge < -0.3 is 36.8 Å². The van der Waals surface area contributed by atoms with Gasteiger partial charge in [-0.05, 0) is 70.7 Å². The highest BCUT2D eigenvalue weighted by Gasteiger charge is 2.36. The molecule has 0 spiro atoms. The Hall–Kier alpha value is -6.57. The smallest absolute Gasteiger partial charge is 0.283 e. The number of thiophene rings is 1. The van der Waals surface area contributed by atoms with E-state index < -0.39 is 94.0 Å². The SMILES string of the molecule is O=C(NCS(=O)(=O)O)[C@H]1CC(=O)[C@@H](CCc2ccccc2)NC(=O)[C@H](Cc2ccc(-c3ccccc3)cc2)NC(=O)[C@@H](Cc2cccs2)NC(=O)[C@H](O)[C@@H](O)C(=O)Nc2ccc(cc2)C1. The fourth-order valence-corrected chi connectivity index (χ4v) is 8.36. The van der Waals surface area contributed by atoms with E-state index in [1.165, 1.54) is 35.6 Å². The van der Waals surface area contributed by atoms with Gasteiger partial charge >= 0.3 is 0 Å². The Labute approximate surface area is 379 Å². The maximum atomic E-state index is 14.6. The molecule has 5 amide bonds. The summed E-state index contributed by atoms with van der Waals surface area (Å²) < 4.78 is 32.6. The summed E-state index contributed by atoms with van der Waals surface area (Å²) in [6, 6.07) is 31.2. The van der Waals surface area contributed by atoms with Crippen molar-refractivity contribution in [3.8, 4) is 11.1 Å². The number of aliphatic hydroxyl groups excluding tert-OH is 2. The monoisotopic (exact) mass is 923 g/mol. The first-order chi connectivity index (χ1) is 31.1. The van der Waals surface area contributed by atoms with Crippen LogP contribution in [-0.4, -0.2) is 94.7 Å². The van der Waals surface area contributed by atoms with Crippen molar-refractivity contribution in [2.45, 2.75) is 68.9 Å². The lowest BCUT2D eigenvalue weighted by molar-refractivity contribution is -0.144. The number of benzene rings is 4. The molecular formula is C47H49N5O11S2. The molecule has 1 aromatic heterocycles. The molecule has 0 aliphatic carbocycles. The van der Waals surface area contributed by atoms with Gasteiger partial charge in [-0.15, -0.1) is 11.3 Å². The van der Waals surface area contributed by atoms with E-state index in [2.05, 4.69) is 26.6 Å². The van der Waals surface area contributed by atoms with Crippen LogP contribution in [0.5, 0.6) is 0 Å². The molecule has 0 radical (unpaired) electrons. The summed E-state index contributed by atoms with van der Waals surface area (Å²) >= 11 is 1.28. The number of amides is 5. The molecule has 7 rings (SSSR count). The van der Waals surface area contributed by atoms with E-state index in [0.717, 1.165) is 16.7 Å². The quantitative estimate of drug-likeness (QED) is 0.0706. The first-order valence-electron chi connectivity index (χ1n) is 20.7. The number of hydrogen-bond donors (Lipinski definition) is 8. The minimum absolute atomic E-state index is 0.0616. The van der Waals surface area contributed by atoms with Gasteiger partial charge in [-0.2, -0.15) is 8.42 Å². The number of carbonyl (C=O) groups is 6. The highest BCUT2D eigenvalue weighted by molar-refractivity contribution is 7.85. The number of rotatable bonds is 11. The summed E-state index contributed by atoms with van der Waals surface area (Å²) in [6.45, 7) is 0. The van der Waals surface area contributed by atoms with Crippen molar-refractivity contribution in [3.05, 3.63) is 148 Å². The van der Waals surface area contributed by atoms with E-state index >= 15 is 0 Å². The van der Waals surface area contributed by atoms with Gasteiger partial charge in [0.25, 0.3) is 21.9 Å². The third kappa shape index (κ3) is 14.2. The summed E-state index contributed by atoms with van der Waals surface area (Å²) in [7, 11) is -4.65. The second-order valence-corrected chi connectivity index (χ2v) is 18.2. The largest absolute Gasteiger partial charge is 0.380 e. The number of carbonyl (C=O) groups excluding carboxylic acids is 6. The van der Waals surface area contributed by atoms with Crippen molar-refractivity contribution in [2.24, 2.45) is 5.92 Å². The predicted molar refractivity (Wildman–Crippen MR) is 243 cm³/mol. The van der Waals surface area contributed by atoms with E-state index in [0.29, 0.717) is 22.4 Å². The number of hydrogen-bond acceptors (Lipinski definition) is 11. The van der Waals surface area contributed by atoms with Crippen molar-refractivity contribution in [2.75, 3.05) is 11.2 Å². The lowest BCUT2D eigenvalue weighted by atomic mass is 9.89. The number of anilines is 1. The molecule has 0 unspecified atom stereocenters. The molecule has 2 aliphatic rings. The van der Waals surface area contributed by atoms with Gasteiger partial charge in [0.15, 0.2) is 18.0 Å². The predicted octanol–water partition coefficient (Wildman–Crippen LogP) is 2.74. The van der Waals surface area contributed by atoms with E-state index in [1.54, 1.807) is 29.6 Å². The number of aryl methyl sites for hydroxylation is 1. The van der Waals surface area contributed by atoms with Crippen molar-refractivity contribution < 1.29 is 52.0 Å². The first-order valence-corrected chi connectivity index (χ1v) is 23.2. The Morgan fingerprint density at radius 1 is 0.631 bits per heavy atom. The highest BCUT2D eigenvalue weighted by Crippen LogP contribution is 2.22. The van der Waals surface area contributed by atoms with Crippen molar-refractivity contribution >= 4 is 62.5 Å². The number of ketones is 1. The Balaban J connectivity index is 1.38. The standard InChI is InChI=1S/C47H49N5O11S2/c53-40-26-34(43(56)48-28-65(61,62)63)24-30-15-20-35(21-16-30)49-46(59)41(54)42(55)47(60)52-39(27-36-12-7-23-64-36)45(58)51-38(44(57)50-37(40)22-17-29-8-3-1-4-9-29)25-31-13-18-33(19-14-31)32-10-5-2-6-11-32/h1-16,18-21,23,34,37-39,41-42,54-55H,17,22,24-28H2,(H,48,56)(H,49,59)(H,50,57)(H,51,58)(H,52,60)(H,61,62,63)/t34-,37-,38+,39-,41-,42-/m1/s1. The maximum absolute atomic E-state index is 14.6. The minimum atomic E-state index is -4.65. The summed E-state index contributed by atoms with van der Waals surface area (Å²) in [5, 5.41) is 35.9. The summed E-state index contributed by atoms with van der Waals surface area (Å²) in [5.74, 6) is -7.84. The van der Waals surface area contributed by atoms with Crippen LogP contribution in [0.3, 0.4) is 0 Å². The molecule has 2 aliphatic heterocycles. The molecule has 16 nitrogen and oxygen atoms in total. The lowest BCUT2D eigenvalue weighted by Gasteiger charge is -2.27. The van der Waals surface area contributed by atoms with Crippen LogP contribution in [-0.2, 0) is 64.6 Å². The molecule has 0 saturated heterocycles. The van der Waals surface area contributed by atoms with Gasteiger partial charge in [-0.25, -0.2) is 0 Å². The minimum Gasteiger partial charge on any atom is -0.380 e. The summed E-state index contributed by atoms with van der Waals surface area (Å²) in [5.41, 5.74) is 3.87. The summed E-state index contributed by atoms with van der Waals surface area (Å²) in [6.07, 6.45) is -5.07. The summed E-state index contributed by atoms with van der Waals surface area (Å²) in [4.78, 5) is 84.1. The zero-order valence-corrected chi connectivity index (χ0v) is 36.6. The zero-order chi connectivity index (χ0) is 46.5. The van der Waals surface area contributed by atoms with Crippen molar-refractivity contribution in [1.29, 1.82) is 0 Å². The third-order valence-corrected chi connectivity index (χ3v) is 12.2. The van der Waals surface area contributed by atoms with E-state index in [4.69, 9.17) is 0 Å². The third-order valence-electron chi connectivity index (χ3n) is 10.8. The normalized spacial score (nSPS) is 21.6. The number of fused-ring (bicyclic) bond motifs is 18. The highest BCUT2D eigenvalue weighted by atomic mass is 32.2. The zero-order valence-electron chi connectivity index (χ0n) is 35.0. The van der Waals surface area contributed by atoms with Crippen LogP contribution in [0.4, 0.5) is 5.69 Å². The van der Waals surface area contributed by atoms with Crippen LogP contribution in [0, 0.1) is 5.92 Å².